The Labute approximate surface area is 209 Å². The van der Waals surface area contributed by atoms with E-state index in [1.54, 1.807) is 125 Å². The Morgan fingerprint density at radius 2 is 0.226 bits per heavy atom. The maximum atomic E-state index is 10.1. The molecule has 0 fully saturated rings. The van der Waals surface area contributed by atoms with Crippen LogP contribution in [0, 0.1) is 0 Å². The Hall–Kier alpha value is 0.448. The first kappa shape index (κ1) is 48.8. The van der Waals surface area contributed by atoms with Crippen LogP contribution in [0.1, 0.15) is 125 Å². The minimum atomic E-state index is -0.750. The summed E-state index contributed by atoms with van der Waals surface area (Å²) in [6.45, 7) is 29.4. The second kappa shape index (κ2) is 19.9. The van der Waals surface area contributed by atoms with E-state index in [1.807, 2.05) is 0 Å². The summed E-state index contributed by atoms with van der Waals surface area (Å²) in [6.07, 6.45) is 0. The van der Waals surface area contributed by atoms with E-state index < -0.39 is 33.6 Å². The molecular weight excluding hydrogens is 480 g/mol. The summed E-state index contributed by atoms with van der Waals surface area (Å²) in [7, 11) is 0. The summed E-state index contributed by atoms with van der Waals surface area (Å²) in [5.74, 6) is 0. The molecule has 0 heterocycles. The summed E-state index contributed by atoms with van der Waals surface area (Å²) < 4.78 is 0. The molecule has 0 aliphatic rings. The van der Waals surface area contributed by atoms with Gasteiger partial charge in [0.05, 0.1) is 0 Å². The monoisotopic (exact) mass is 536 g/mol. The molecule has 0 spiro atoms. The van der Waals surface area contributed by atoms with Crippen molar-refractivity contribution in [3.8, 4) is 0 Å². The second-order valence-electron chi connectivity index (χ2n) is 12.7. The minimum absolute atomic E-state index is 0. The van der Waals surface area contributed by atoms with Crippen molar-refractivity contribution in [2.24, 2.45) is 0 Å². The maximum absolute atomic E-state index is 10.1. The van der Waals surface area contributed by atoms with Gasteiger partial charge in [0.25, 0.3) is 0 Å². The molecular formula is C24H54MoO6. The number of rotatable bonds is 0. The van der Waals surface area contributed by atoms with Crippen LogP contribution < -0.4 is 30.6 Å². The van der Waals surface area contributed by atoms with E-state index in [0.29, 0.717) is 0 Å². The molecule has 192 valence electrons. The fourth-order valence-electron chi connectivity index (χ4n) is 0. The van der Waals surface area contributed by atoms with E-state index in [4.69, 9.17) is 0 Å². The molecule has 0 rings (SSSR count). The molecule has 0 bridgehead atoms. The van der Waals surface area contributed by atoms with Crippen LogP contribution in [0.3, 0.4) is 0 Å². The van der Waals surface area contributed by atoms with Gasteiger partial charge in [-0.05, 0) is 0 Å². The smallest absolute Gasteiger partial charge is 0.850 e. The maximum Gasteiger partial charge on any atom is 6.00 e. The van der Waals surface area contributed by atoms with Crippen LogP contribution in [0.15, 0.2) is 0 Å². The normalized spacial score (nSPS) is 11.6. The first-order valence-corrected chi connectivity index (χ1v) is 10.2. The molecule has 0 aliphatic heterocycles. The Morgan fingerprint density at radius 3 is 0.226 bits per heavy atom. The van der Waals surface area contributed by atoms with Gasteiger partial charge in [-0.2, -0.15) is 0 Å². The van der Waals surface area contributed by atoms with Crippen molar-refractivity contribution in [3.63, 3.8) is 0 Å². The average Bonchev–Trinajstić information content (AvgIpc) is 1.94. The van der Waals surface area contributed by atoms with E-state index in [2.05, 4.69) is 0 Å². The molecule has 0 aromatic heterocycles. The van der Waals surface area contributed by atoms with Gasteiger partial charge in [-0.1, -0.05) is 125 Å². The predicted molar refractivity (Wildman–Crippen MR) is 119 cm³/mol. The number of hydrogen-bond acceptors (Lipinski definition) is 6. The third-order valence-electron chi connectivity index (χ3n) is 0. The Morgan fingerprint density at radius 1 is 0.226 bits per heavy atom. The second-order valence-corrected chi connectivity index (χ2v) is 12.7. The van der Waals surface area contributed by atoms with E-state index in [0.717, 1.165) is 0 Å². The number of hydrogen-bond donors (Lipinski definition) is 0. The summed E-state index contributed by atoms with van der Waals surface area (Å²) >= 11 is 0. The minimum Gasteiger partial charge on any atom is -0.850 e. The first-order chi connectivity index (χ1) is 12.0. The van der Waals surface area contributed by atoms with Gasteiger partial charge >= 0.3 is 21.1 Å². The average molecular weight is 535 g/mol. The molecule has 0 unspecified atom stereocenters. The van der Waals surface area contributed by atoms with Gasteiger partial charge in [-0.3, -0.25) is 0 Å². The Bertz CT molecular complexity index is 214. The van der Waals surface area contributed by atoms with Crippen molar-refractivity contribution in [2.75, 3.05) is 0 Å². The largest absolute Gasteiger partial charge is 6.00 e. The molecule has 0 atom stereocenters. The van der Waals surface area contributed by atoms with Crippen molar-refractivity contribution < 1.29 is 51.7 Å². The van der Waals surface area contributed by atoms with Crippen LogP contribution >= 0.6 is 0 Å². The van der Waals surface area contributed by atoms with Crippen molar-refractivity contribution in [2.45, 2.75) is 158 Å². The third-order valence-corrected chi connectivity index (χ3v) is 0. The Kier molecular flexibility index (Phi) is 31.3. The molecule has 31 heavy (non-hydrogen) atoms. The molecule has 7 heteroatoms. The van der Waals surface area contributed by atoms with Gasteiger partial charge in [0.2, 0.25) is 0 Å². The molecule has 6 nitrogen and oxygen atoms in total. The van der Waals surface area contributed by atoms with Gasteiger partial charge in [-0.15, -0.1) is 33.6 Å². The Balaban J connectivity index is -0.0000000443. The standard InChI is InChI=1S/6C4H9O.Mo/c6*1-4(2,3)5;/h6*1-3H3;/q6*-1;+6. The molecule has 0 aromatic rings. The molecule has 0 N–H and O–H groups in total. The SMILES string of the molecule is CC(C)(C)[O-].CC(C)(C)[O-].CC(C)(C)[O-].CC(C)(C)[O-].CC(C)(C)[O-].CC(C)(C)[O-].[Mo+6]. The van der Waals surface area contributed by atoms with E-state index >= 15 is 0 Å². The van der Waals surface area contributed by atoms with Gasteiger partial charge < -0.3 is 30.6 Å². The van der Waals surface area contributed by atoms with Crippen molar-refractivity contribution in [3.05, 3.63) is 0 Å². The summed E-state index contributed by atoms with van der Waals surface area (Å²) in [5.41, 5.74) is -4.50. The molecule has 0 amide bonds. The van der Waals surface area contributed by atoms with Crippen LogP contribution in [0.4, 0.5) is 0 Å². The van der Waals surface area contributed by atoms with Crippen LogP contribution in [-0.2, 0) is 21.1 Å². The molecule has 0 aliphatic carbocycles. The fraction of sp³-hybridized carbons (Fsp3) is 1.00. The topological polar surface area (TPSA) is 138 Å². The van der Waals surface area contributed by atoms with Gasteiger partial charge in [0.1, 0.15) is 0 Å². The zero-order chi connectivity index (χ0) is 27.0. The fourth-order valence-corrected chi connectivity index (χ4v) is 0. The zero-order valence-corrected chi connectivity index (χ0v) is 25.9. The quantitative estimate of drug-likeness (QED) is 0.423. The van der Waals surface area contributed by atoms with Crippen LogP contribution in [0.25, 0.3) is 0 Å². The van der Waals surface area contributed by atoms with E-state index in [9.17, 15) is 30.6 Å². The van der Waals surface area contributed by atoms with Gasteiger partial charge in [0, 0.05) is 0 Å². The van der Waals surface area contributed by atoms with E-state index in [-0.39, 0.29) is 21.1 Å². The molecule has 0 radical (unpaired) electrons. The molecule has 0 saturated carbocycles. The predicted octanol–water partition coefficient (Wildman–Crippen LogP) is 0.869. The summed E-state index contributed by atoms with van der Waals surface area (Å²) in [5, 5.41) is 60.6. The summed E-state index contributed by atoms with van der Waals surface area (Å²) in [6, 6.07) is 0. The van der Waals surface area contributed by atoms with Crippen LogP contribution in [-0.4, -0.2) is 33.6 Å². The van der Waals surface area contributed by atoms with Crippen molar-refractivity contribution >= 4 is 0 Å². The van der Waals surface area contributed by atoms with Crippen molar-refractivity contribution in [1.82, 2.24) is 0 Å². The summed E-state index contributed by atoms with van der Waals surface area (Å²) in [4.78, 5) is 0. The third kappa shape index (κ3) is 123000. The van der Waals surface area contributed by atoms with Gasteiger partial charge in [0.15, 0.2) is 0 Å². The first-order valence-electron chi connectivity index (χ1n) is 10.2. The van der Waals surface area contributed by atoms with Crippen LogP contribution in [0.2, 0.25) is 0 Å². The van der Waals surface area contributed by atoms with E-state index in [1.165, 1.54) is 0 Å². The van der Waals surface area contributed by atoms with Crippen LogP contribution in [0.5, 0.6) is 0 Å². The zero-order valence-electron chi connectivity index (χ0n) is 23.9. The molecule has 0 saturated heterocycles. The van der Waals surface area contributed by atoms with Crippen molar-refractivity contribution in [1.29, 1.82) is 0 Å². The molecule has 0 aromatic carbocycles. The van der Waals surface area contributed by atoms with Gasteiger partial charge in [-0.25, -0.2) is 0 Å².